The molecule has 1 N–H and O–H groups in total. The molecule has 0 bridgehead atoms. The first-order valence-electron chi connectivity index (χ1n) is 8.80. The number of nitriles is 1. The fourth-order valence-electron chi connectivity index (χ4n) is 2.51. The zero-order valence-electron chi connectivity index (χ0n) is 15.4. The Morgan fingerprint density at radius 2 is 1.93 bits per heavy atom. The lowest BCUT2D eigenvalue weighted by Gasteiger charge is -2.09. The summed E-state index contributed by atoms with van der Waals surface area (Å²) in [5.41, 5.74) is 2.64. The molecule has 3 aromatic rings. The number of carbonyl (C=O) groups excluding carboxylic acids is 1. The van der Waals surface area contributed by atoms with E-state index in [0.29, 0.717) is 41.7 Å². The van der Waals surface area contributed by atoms with Gasteiger partial charge >= 0.3 is 0 Å². The largest absolute Gasteiger partial charge is 0.489 e. The molecule has 2 aromatic carbocycles. The molecule has 0 aliphatic rings. The van der Waals surface area contributed by atoms with Gasteiger partial charge < -0.3 is 14.8 Å². The lowest BCUT2D eigenvalue weighted by Crippen LogP contribution is -2.12. The van der Waals surface area contributed by atoms with Crippen molar-refractivity contribution in [2.24, 2.45) is 0 Å². The average Bonchev–Trinajstić information content (AvgIpc) is 2.74. The van der Waals surface area contributed by atoms with Crippen LogP contribution in [0.4, 0.5) is 5.69 Å². The van der Waals surface area contributed by atoms with Gasteiger partial charge in [-0.15, -0.1) is 0 Å². The van der Waals surface area contributed by atoms with Crippen LogP contribution in [-0.2, 0) is 6.61 Å². The molecular weight excluding hydrogens is 354 g/mol. The summed E-state index contributed by atoms with van der Waals surface area (Å²) in [4.78, 5) is 16.4. The van der Waals surface area contributed by atoms with Gasteiger partial charge in [-0.3, -0.25) is 4.79 Å². The minimum Gasteiger partial charge on any atom is -0.489 e. The molecule has 140 valence electrons. The summed E-state index contributed by atoms with van der Waals surface area (Å²) in [7, 11) is 0. The van der Waals surface area contributed by atoms with Crippen molar-refractivity contribution in [3.8, 4) is 17.7 Å². The second kappa shape index (κ2) is 9.19. The van der Waals surface area contributed by atoms with Gasteiger partial charge in [-0.1, -0.05) is 12.1 Å². The average molecular weight is 373 g/mol. The molecular formula is C22H19N3O3. The third kappa shape index (κ3) is 5.08. The summed E-state index contributed by atoms with van der Waals surface area (Å²) in [6.45, 7) is 2.71. The van der Waals surface area contributed by atoms with Crippen LogP contribution in [0.1, 0.15) is 28.4 Å². The van der Waals surface area contributed by atoms with Crippen molar-refractivity contribution in [3.63, 3.8) is 0 Å². The fraction of sp³-hybridized carbons (Fsp3) is 0.136. The normalized spacial score (nSPS) is 10.0. The SMILES string of the molecule is CCOc1cc(C(=O)Nc2ccc(OCc3cccc(C#N)c3)cc2)ccn1. The van der Waals surface area contributed by atoms with E-state index in [1.165, 1.54) is 6.20 Å². The number of hydrogen-bond acceptors (Lipinski definition) is 5. The summed E-state index contributed by atoms with van der Waals surface area (Å²) in [6, 6.07) is 19.7. The van der Waals surface area contributed by atoms with Crippen molar-refractivity contribution in [2.75, 3.05) is 11.9 Å². The van der Waals surface area contributed by atoms with Crippen molar-refractivity contribution in [3.05, 3.63) is 83.6 Å². The Balaban J connectivity index is 1.59. The molecule has 6 heteroatoms. The molecule has 0 aliphatic heterocycles. The number of benzene rings is 2. The quantitative estimate of drug-likeness (QED) is 0.671. The predicted molar refractivity (Wildman–Crippen MR) is 105 cm³/mol. The summed E-state index contributed by atoms with van der Waals surface area (Å²) < 4.78 is 11.0. The molecule has 0 fully saturated rings. The number of rotatable bonds is 7. The van der Waals surface area contributed by atoms with Crippen molar-refractivity contribution in [1.82, 2.24) is 4.98 Å². The number of carbonyl (C=O) groups is 1. The van der Waals surface area contributed by atoms with E-state index in [1.54, 1.807) is 48.5 Å². The molecule has 0 atom stereocenters. The molecule has 6 nitrogen and oxygen atoms in total. The molecule has 0 radical (unpaired) electrons. The van der Waals surface area contributed by atoms with Crippen LogP contribution in [0, 0.1) is 11.3 Å². The minimum atomic E-state index is -0.245. The van der Waals surface area contributed by atoms with Crippen LogP contribution in [0.25, 0.3) is 0 Å². The molecule has 28 heavy (non-hydrogen) atoms. The van der Waals surface area contributed by atoms with Crippen molar-refractivity contribution in [1.29, 1.82) is 5.26 Å². The molecule has 0 spiro atoms. The van der Waals surface area contributed by atoms with Crippen molar-refractivity contribution in [2.45, 2.75) is 13.5 Å². The van der Waals surface area contributed by atoms with Crippen LogP contribution in [-0.4, -0.2) is 17.5 Å². The zero-order chi connectivity index (χ0) is 19.8. The Hall–Kier alpha value is -3.85. The molecule has 0 aliphatic carbocycles. The highest BCUT2D eigenvalue weighted by Crippen LogP contribution is 2.19. The number of pyridine rings is 1. The number of amides is 1. The highest BCUT2D eigenvalue weighted by atomic mass is 16.5. The van der Waals surface area contributed by atoms with E-state index < -0.39 is 0 Å². The third-order valence-electron chi connectivity index (χ3n) is 3.86. The van der Waals surface area contributed by atoms with Gasteiger partial charge in [0.1, 0.15) is 12.4 Å². The smallest absolute Gasteiger partial charge is 0.255 e. The van der Waals surface area contributed by atoms with Crippen LogP contribution < -0.4 is 14.8 Å². The monoisotopic (exact) mass is 373 g/mol. The summed E-state index contributed by atoms with van der Waals surface area (Å²) >= 11 is 0. The molecule has 0 saturated heterocycles. The Bertz CT molecular complexity index is 994. The van der Waals surface area contributed by atoms with Gasteiger partial charge in [-0.2, -0.15) is 5.26 Å². The number of aromatic nitrogens is 1. The second-order valence-electron chi connectivity index (χ2n) is 5.90. The third-order valence-corrected chi connectivity index (χ3v) is 3.86. The fourth-order valence-corrected chi connectivity index (χ4v) is 2.51. The van der Waals surface area contributed by atoms with E-state index in [-0.39, 0.29) is 5.91 Å². The van der Waals surface area contributed by atoms with Gasteiger partial charge in [0, 0.05) is 23.5 Å². The van der Waals surface area contributed by atoms with Gasteiger partial charge in [0.05, 0.1) is 18.2 Å². The van der Waals surface area contributed by atoms with E-state index in [2.05, 4.69) is 16.4 Å². The topological polar surface area (TPSA) is 84.2 Å². The molecule has 3 rings (SSSR count). The second-order valence-corrected chi connectivity index (χ2v) is 5.90. The summed E-state index contributed by atoms with van der Waals surface area (Å²) in [6.07, 6.45) is 1.54. The Labute approximate surface area is 163 Å². The number of nitrogens with one attached hydrogen (secondary N) is 1. The maximum absolute atomic E-state index is 12.4. The van der Waals surface area contributed by atoms with Crippen LogP contribution >= 0.6 is 0 Å². The lowest BCUT2D eigenvalue weighted by molar-refractivity contribution is 0.102. The zero-order valence-corrected chi connectivity index (χ0v) is 15.4. The van der Waals surface area contributed by atoms with Gasteiger partial charge in [-0.25, -0.2) is 4.98 Å². The van der Waals surface area contributed by atoms with Crippen LogP contribution in [0.5, 0.6) is 11.6 Å². The molecule has 1 amide bonds. The molecule has 0 saturated carbocycles. The number of anilines is 1. The Kier molecular flexibility index (Phi) is 6.21. The Morgan fingerprint density at radius 3 is 2.68 bits per heavy atom. The number of ether oxygens (including phenoxy) is 2. The maximum atomic E-state index is 12.4. The Morgan fingerprint density at radius 1 is 1.11 bits per heavy atom. The van der Waals surface area contributed by atoms with Crippen LogP contribution in [0.15, 0.2) is 66.9 Å². The van der Waals surface area contributed by atoms with Gasteiger partial charge in [-0.05, 0) is 55.0 Å². The highest BCUT2D eigenvalue weighted by molar-refractivity contribution is 6.04. The molecule has 1 heterocycles. The summed E-state index contributed by atoms with van der Waals surface area (Å²) in [5, 5.41) is 11.8. The maximum Gasteiger partial charge on any atom is 0.255 e. The van der Waals surface area contributed by atoms with E-state index in [4.69, 9.17) is 14.7 Å². The van der Waals surface area contributed by atoms with Gasteiger partial charge in [0.15, 0.2) is 0 Å². The number of hydrogen-bond donors (Lipinski definition) is 1. The van der Waals surface area contributed by atoms with Crippen molar-refractivity contribution >= 4 is 11.6 Å². The minimum absolute atomic E-state index is 0.245. The first-order valence-corrected chi connectivity index (χ1v) is 8.80. The van der Waals surface area contributed by atoms with Crippen LogP contribution in [0.2, 0.25) is 0 Å². The summed E-state index contributed by atoms with van der Waals surface area (Å²) in [5.74, 6) is 0.840. The van der Waals surface area contributed by atoms with Crippen LogP contribution in [0.3, 0.4) is 0 Å². The van der Waals surface area contributed by atoms with E-state index in [0.717, 1.165) is 5.56 Å². The standard InChI is InChI=1S/C22H19N3O3/c1-2-27-21-13-18(10-11-24-21)22(26)25-19-6-8-20(9-7-19)28-15-17-5-3-4-16(12-17)14-23/h3-13H,2,15H2,1H3,(H,25,26). The first-order chi connectivity index (χ1) is 13.7. The number of nitrogens with zero attached hydrogens (tertiary/aromatic N) is 2. The van der Waals surface area contributed by atoms with Crippen molar-refractivity contribution < 1.29 is 14.3 Å². The van der Waals surface area contributed by atoms with E-state index in [9.17, 15) is 4.79 Å². The van der Waals surface area contributed by atoms with Gasteiger partial charge in [0.2, 0.25) is 5.88 Å². The van der Waals surface area contributed by atoms with E-state index in [1.807, 2.05) is 19.1 Å². The lowest BCUT2D eigenvalue weighted by atomic mass is 10.1. The molecule has 1 aromatic heterocycles. The predicted octanol–water partition coefficient (Wildman–Crippen LogP) is 4.18. The van der Waals surface area contributed by atoms with Gasteiger partial charge in [0.25, 0.3) is 5.91 Å². The van der Waals surface area contributed by atoms with E-state index >= 15 is 0 Å². The highest BCUT2D eigenvalue weighted by Gasteiger charge is 2.08. The first kappa shape index (κ1) is 18.9. The molecule has 0 unspecified atom stereocenters.